The summed E-state index contributed by atoms with van der Waals surface area (Å²) in [6, 6.07) is 18.6. The zero-order valence-electron chi connectivity index (χ0n) is 21.0. The van der Waals surface area contributed by atoms with E-state index in [1.165, 1.54) is 11.1 Å². The molecule has 0 aliphatic heterocycles. The lowest BCUT2D eigenvalue weighted by molar-refractivity contribution is -0.137. The number of aryl methyl sites for hydroxylation is 3. The van der Waals surface area contributed by atoms with Gasteiger partial charge in [-0.3, -0.25) is 9.78 Å². The van der Waals surface area contributed by atoms with Gasteiger partial charge >= 0.3 is 5.97 Å². The monoisotopic (exact) mass is 483 g/mol. The molecule has 0 amide bonds. The van der Waals surface area contributed by atoms with Crippen LogP contribution in [0.3, 0.4) is 0 Å². The molecule has 0 bridgehead atoms. The minimum absolute atomic E-state index is 0.117. The Morgan fingerprint density at radius 2 is 2.03 bits per heavy atom. The molecule has 2 N–H and O–H groups in total. The average Bonchev–Trinajstić information content (AvgIpc) is 3.27. The Hall–Kier alpha value is -3.69. The van der Waals surface area contributed by atoms with Gasteiger partial charge in [0.15, 0.2) is 0 Å². The van der Waals surface area contributed by atoms with Gasteiger partial charge in [-0.1, -0.05) is 37.3 Å². The second-order valence-corrected chi connectivity index (χ2v) is 9.39. The molecule has 186 valence electrons. The third kappa shape index (κ3) is 6.10. The minimum atomic E-state index is -0.742. The first kappa shape index (κ1) is 25.4. The van der Waals surface area contributed by atoms with Crippen molar-refractivity contribution in [1.82, 2.24) is 10.3 Å². The Bertz CT molecular complexity index is 1260. The fourth-order valence-electron chi connectivity index (χ4n) is 4.88. The van der Waals surface area contributed by atoms with Gasteiger partial charge in [0.1, 0.15) is 11.8 Å². The molecule has 0 fully saturated rings. The summed E-state index contributed by atoms with van der Waals surface area (Å²) < 4.78 is 5.94. The van der Waals surface area contributed by atoms with Crippen molar-refractivity contribution in [3.05, 3.63) is 82.0 Å². The van der Waals surface area contributed by atoms with Crippen molar-refractivity contribution in [1.29, 1.82) is 5.26 Å². The van der Waals surface area contributed by atoms with Gasteiger partial charge in [-0.15, -0.1) is 0 Å². The molecule has 1 heterocycles. The Kier molecular flexibility index (Phi) is 8.35. The normalized spacial score (nSPS) is 14.3. The topological polar surface area (TPSA) is 95.2 Å². The molecule has 0 radical (unpaired) electrons. The van der Waals surface area contributed by atoms with Crippen LogP contribution in [0.25, 0.3) is 11.3 Å². The lowest BCUT2D eigenvalue weighted by Crippen LogP contribution is -2.18. The Labute approximate surface area is 213 Å². The number of nitrogens with zero attached hydrogens (tertiary/aromatic N) is 2. The van der Waals surface area contributed by atoms with E-state index >= 15 is 0 Å². The molecule has 6 heteroatoms. The number of pyridine rings is 1. The van der Waals surface area contributed by atoms with Crippen LogP contribution in [0.2, 0.25) is 0 Å². The number of hydrogen-bond donors (Lipinski definition) is 2. The maximum atomic E-state index is 11.1. The number of nitriles is 1. The van der Waals surface area contributed by atoms with E-state index in [1.54, 1.807) is 0 Å². The number of fused-ring (bicyclic) bond motifs is 1. The number of ether oxygens (including phenoxy) is 1. The lowest BCUT2D eigenvalue weighted by Gasteiger charge is -2.12. The molecular weight excluding hydrogens is 450 g/mol. The second-order valence-electron chi connectivity index (χ2n) is 9.39. The highest BCUT2D eigenvalue weighted by atomic mass is 16.5. The highest BCUT2D eigenvalue weighted by molar-refractivity contribution is 5.69. The number of hydrogen-bond acceptors (Lipinski definition) is 5. The number of carboxylic acids is 1. The molecule has 36 heavy (non-hydrogen) atoms. The van der Waals surface area contributed by atoms with Crippen molar-refractivity contribution in [2.75, 3.05) is 13.2 Å². The Morgan fingerprint density at radius 1 is 1.22 bits per heavy atom. The number of aromatic nitrogens is 1. The van der Waals surface area contributed by atoms with Gasteiger partial charge in [-0.2, -0.15) is 5.26 Å². The van der Waals surface area contributed by atoms with E-state index in [2.05, 4.69) is 36.5 Å². The van der Waals surface area contributed by atoms with E-state index in [-0.39, 0.29) is 12.3 Å². The third-order valence-electron chi connectivity index (χ3n) is 6.83. The van der Waals surface area contributed by atoms with Gasteiger partial charge in [0, 0.05) is 12.1 Å². The number of carboxylic acid groups (broad SMARTS) is 1. The standard InChI is InChI=1S/C30H33N3O3/c1-3-21-5-7-22(8-6-21)30-28(18-31)20(2)15-25(33-30)19-32-13-4-14-36-26-11-12-27-23(16-26)9-10-24(27)17-29(34)35/h5-8,11-12,15-16,24,32H,3-4,9-10,13-14,17,19H2,1-2H3,(H,34,35)/t24-/m0/s1. The molecule has 1 atom stereocenters. The van der Waals surface area contributed by atoms with Crippen LogP contribution in [-0.4, -0.2) is 29.2 Å². The van der Waals surface area contributed by atoms with Gasteiger partial charge in [0.05, 0.1) is 30.0 Å². The molecular formula is C30H33N3O3. The number of aliphatic carboxylic acids is 1. The zero-order chi connectivity index (χ0) is 25.5. The third-order valence-corrected chi connectivity index (χ3v) is 6.83. The molecule has 3 aromatic rings. The number of benzene rings is 2. The number of rotatable bonds is 11. The quantitative estimate of drug-likeness (QED) is 0.347. The fraction of sp³-hybridized carbons (Fsp3) is 0.367. The van der Waals surface area contributed by atoms with Gasteiger partial charge in [-0.25, -0.2) is 0 Å². The van der Waals surface area contributed by atoms with Gasteiger partial charge in [-0.05, 0) is 85.5 Å². The summed E-state index contributed by atoms with van der Waals surface area (Å²) in [5.41, 5.74) is 7.79. The molecule has 1 aliphatic rings. The van der Waals surface area contributed by atoms with Crippen LogP contribution in [0.1, 0.15) is 65.6 Å². The van der Waals surface area contributed by atoms with E-state index in [0.29, 0.717) is 18.7 Å². The molecule has 2 aromatic carbocycles. The van der Waals surface area contributed by atoms with Crippen molar-refractivity contribution >= 4 is 5.97 Å². The van der Waals surface area contributed by atoms with Crippen LogP contribution in [0.15, 0.2) is 48.5 Å². The van der Waals surface area contributed by atoms with E-state index in [9.17, 15) is 10.1 Å². The Morgan fingerprint density at radius 3 is 2.75 bits per heavy atom. The van der Waals surface area contributed by atoms with Crippen molar-refractivity contribution in [3.8, 4) is 23.1 Å². The maximum absolute atomic E-state index is 11.1. The molecule has 4 rings (SSSR count). The van der Waals surface area contributed by atoms with E-state index < -0.39 is 5.97 Å². The minimum Gasteiger partial charge on any atom is -0.494 e. The predicted octanol–water partition coefficient (Wildman–Crippen LogP) is 5.55. The summed E-state index contributed by atoms with van der Waals surface area (Å²) >= 11 is 0. The molecule has 0 saturated carbocycles. The molecule has 0 saturated heterocycles. The van der Waals surface area contributed by atoms with Crippen molar-refractivity contribution in [2.45, 2.75) is 58.4 Å². The number of nitrogens with one attached hydrogen (secondary N) is 1. The molecule has 6 nitrogen and oxygen atoms in total. The summed E-state index contributed by atoms with van der Waals surface area (Å²) in [5, 5.41) is 22.2. The summed E-state index contributed by atoms with van der Waals surface area (Å²) in [7, 11) is 0. The zero-order valence-corrected chi connectivity index (χ0v) is 21.0. The highest BCUT2D eigenvalue weighted by Gasteiger charge is 2.24. The molecule has 1 aliphatic carbocycles. The second kappa shape index (κ2) is 11.8. The average molecular weight is 484 g/mol. The SMILES string of the molecule is CCc1ccc(-c2nc(CNCCCOc3ccc4c(c3)CC[C@H]4CC(=O)O)cc(C)c2C#N)cc1. The molecule has 0 spiro atoms. The largest absolute Gasteiger partial charge is 0.494 e. The van der Waals surface area contributed by atoms with Gasteiger partial charge in [0.2, 0.25) is 0 Å². The maximum Gasteiger partial charge on any atom is 0.303 e. The highest BCUT2D eigenvalue weighted by Crippen LogP contribution is 2.37. The van der Waals surface area contributed by atoms with Gasteiger partial charge in [0.25, 0.3) is 0 Å². The van der Waals surface area contributed by atoms with E-state index in [0.717, 1.165) is 66.1 Å². The van der Waals surface area contributed by atoms with Crippen molar-refractivity contribution in [3.63, 3.8) is 0 Å². The Balaban J connectivity index is 1.28. The molecule has 0 unspecified atom stereocenters. The summed E-state index contributed by atoms with van der Waals surface area (Å²) in [6.45, 7) is 6.09. The summed E-state index contributed by atoms with van der Waals surface area (Å²) in [5.74, 6) is 0.216. The van der Waals surface area contributed by atoms with Gasteiger partial charge < -0.3 is 15.2 Å². The van der Waals surface area contributed by atoms with Crippen LogP contribution in [0.4, 0.5) is 0 Å². The number of carbonyl (C=O) groups is 1. The first-order chi connectivity index (χ1) is 17.5. The fourth-order valence-corrected chi connectivity index (χ4v) is 4.88. The van der Waals surface area contributed by atoms with Crippen molar-refractivity contribution < 1.29 is 14.6 Å². The lowest BCUT2D eigenvalue weighted by atomic mass is 9.98. The summed E-state index contributed by atoms with van der Waals surface area (Å²) in [6.07, 6.45) is 3.82. The van der Waals surface area contributed by atoms with Crippen LogP contribution in [-0.2, 0) is 24.2 Å². The molecule has 1 aromatic heterocycles. The van der Waals surface area contributed by atoms with Crippen LogP contribution in [0.5, 0.6) is 5.75 Å². The van der Waals surface area contributed by atoms with Crippen LogP contribution in [0, 0.1) is 18.3 Å². The van der Waals surface area contributed by atoms with E-state index in [4.69, 9.17) is 14.8 Å². The van der Waals surface area contributed by atoms with Crippen molar-refractivity contribution in [2.24, 2.45) is 0 Å². The van der Waals surface area contributed by atoms with E-state index in [1.807, 2.05) is 37.3 Å². The first-order valence-electron chi connectivity index (χ1n) is 12.7. The van der Waals surface area contributed by atoms with Crippen LogP contribution < -0.4 is 10.1 Å². The smallest absolute Gasteiger partial charge is 0.303 e. The first-order valence-corrected chi connectivity index (χ1v) is 12.7. The van der Waals surface area contributed by atoms with Crippen LogP contribution >= 0.6 is 0 Å². The predicted molar refractivity (Wildman–Crippen MR) is 140 cm³/mol. The summed E-state index contributed by atoms with van der Waals surface area (Å²) in [4.78, 5) is 15.9.